The maximum absolute atomic E-state index is 12.0. The molecule has 22 heavy (non-hydrogen) atoms. The summed E-state index contributed by atoms with van der Waals surface area (Å²) in [6, 6.07) is 14.1. The summed E-state index contributed by atoms with van der Waals surface area (Å²) in [6.45, 7) is 0. The first-order chi connectivity index (χ1) is 10.6. The quantitative estimate of drug-likeness (QED) is 0.598. The summed E-state index contributed by atoms with van der Waals surface area (Å²) in [6.07, 6.45) is 2.18. The molecule has 0 aliphatic heterocycles. The van der Waals surface area contributed by atoms with Gasteiger partial charge in [0.05, 0.1) is 6.21 Å². The second-order valence-corrected chi connectivity index (χ2v) is 5.34. The number of aromatic hydroxyl groups is 2. The van der Waals surface area contributed by atoms with Gasteiger partial charge in [0.2, 0.25) is 5.91 Å². The van der Waals surface area contributed by atoms with Gasteiger partial charge < -0.3 is 10.2 Å². The highest BCUT2D eigenvalue weighted by molar-refractivity contribution is 5.87. The number of nitrogens with zero attached hydrogens (tertiary/aromatic N) is 1. The van der Waals surface area contributed by atoms with Crippen molar-refractivity contribution >= 4 is 12.1 Å². The molecule has 0 saturated heterocycles. The first-order valence-corrected chi connectivity index (χ1v) is 7.05. The molecule has 1 fully saturated rings. The highest BCUT2D eigenvalue weighted by atomic mass is 16.3. The highest BCUT2D eigenvalue weighted by Crippen LogP contribution is 2.47. The van der Waals surface area contributed by atoms with E-state index < -0.39 is 0 Å². The summed E-state index contributed by atoms with van der Waals surface area (Å²) in [7, 11) is 0. The minimum absolute atomic E-state index is 0.0256. The van der Waals surface area contributed by atoms with Crippen LogP contribution in [0.15, 0.2) is 53.6 Å². The lowest BCUT2D eigenvalue weighted by Crippen LogP contribution is -2.20. The van der Waals surface area contributed by atoms with Gasteiger partial charge in [-0.05, 0) is 30.0 Å². The van der Waals surface area contributed by atoms with Gasteiger partial charge in [-0.3, -0.25) is 4.79 Å². The van der Waals surface area contributed by atoms with E-state index in [-0.39, 0.29) is 29.2 Å². The van der Waals surface area contributed by atoms with Crippen molar-refractivity contribution in [3.05, 3.63) is 59.7 Å². The number of phenols is 2. The fourth-order valence-electron chi connectivity index (χ4n) is 2.44. The van der Waals surface area contributed by atoms with E-state index in [1.807, 2.05) is 30.3 Å². The smallest absolute Gasteiger partial charge is 0.243 e. The number of nitrogens with one attached hydrogen (secondary N) is 1. The molecule has 5 heteroatoms. The Morgan fingerprint density at radius 2 is 1.95 bits per heavy atom. The topological polar surface area (TPSA) is 81.9 Å². The predicted molar refractivity (Wildman–Crippen MR) is 82.8 cm³/mol. The van der Waals surface area contributed by atoms with Gasteiger partial charge in [-0.15, -0.1) is 0 Å². The lowest BCUT2D eigenvalue weighted by atomic mass is 10.1. The SMILES string of the molecule is O=C(N/N=C/c1ccc(O)cc1O)[C@@H]1C[C@@H]1c1ccccc1. The predicted octanol–water partition coefficient (Wildman–Crippen LogP) is 2.35. The summed E-state index contributed by atoms with van der Waals surface area (Å²) in [4.78, 5) is 12.0. The molecule has 1 aliphatic rings. The third kappa shape index (κ3) is 3.09. The van der Waals surface area contributed by atoms with E-state index in [1.54, 1.807) is 0 Å². The van der Waals surface area contributed by atoms with E-state index in [0.717, 1.165) is 6.42 Å². The number of phenolic OH excluding ortho intramolecular Hbond substituents is 2. The average Bonchev–Trinajstić information content (AvgIpc) is 3.31. The number of hydrogen-bond acceptors (Lipinski definition) is 4. The van der Waals surface area contributed by atoms with Gasteiger partial charge in [-0.1, -0.05) is 30.3 Å². The summed E-state index contributed by atoms with van der Waals surface area (Å²) in [5.41, 5.74) is 4.09. The van der Waals surface area contributed by atoms with Gasteiger partial charge in [-0.25, -0.2) is 5.43 Å². The maximum atomic E-state index is 12.0. The number of hydrazone groups is 1. The molecule has 0 bridgehead atoms. The summed E-state index contributed by atoms with van der Waals surface area (Å²) in [5, 5.41) is 22.7. The van der Waals surface area contributed by atoms with Crippen LogP contribution in [-0.4, -0.2) is 22.3 Å². The van der Waals surface area contributed by atoms with Crippen LogP contribution < -0.4 is 5.43 Å². The van der Waals surface area contributed by atoms with E-state index >= 15 is 0 Å². The Bertz CT molecular complexity index is 713. The van der Waals surface area contributed by atoms with Crippen molar-refractivity contribution in [2.24, 2.45) is 11.0 Å². The molecule has 3 N–H and O–H groups in total. The number of hydrogen-bond donors (Lipinski definition) is 3. The van der Waals surface area contributed by atoms with Crippen molar-refractivity contribution in [1.82, 2.24) is 5.43 Å². The van der Waals surface area contributed by atoms with Crippen molar-refractivity contribution < 1.29 is 15.0 Å². The van der Waals surface area contributed by atoms with Gasteiger partial charge in [0, 0.05) is 17.5 Å². The van der Waals surface area contributed by atoms with Gasteiger partial charge >= 0.3 is 0 Å². The molecule has 1 saturated carbocycles. The monoisotopic (exact) mass is 296 g/mol. The largest absolute Gasteiger partial charge is 0.508 e. The average molecular weight is 296 g/mol. The van der Waals surface area contributed by atoms with Crippen molar-refractivity contribution in [2.75, 3.05) is 0 Å². The van der Waals surface area contributed by atoms with Crippen molar-refractivity contribution in [3.63, 3.8) is 0 Å². The molecular formula is C17H16N2O3. The molecular weight excluding hydrogens is 280 g/mol. The molecule has 1 amide bonds. The van der Waals surface area contributed by atoms with E-state index in [2.05, 4.69) is 10.5 Å². The molecule has 2 atom stereocenters. The lowest BCUT2D eigenvalue weighted by Gasteiger charge is -2.01. The van der Waals surface area contributed by atoms with Crippen molar-refractivity contribution in [2.45, 2.75) is 12.3 Å². The van der Waals surface area contributed by atoms with Crippen molar-refractivity contribution in [1.29, 1.82) is 0 Å². The number of rotatable bonds is 4. The molecule has 1 aliphatic carbocycles. The molecule has 0 aromatic heterocycles. The Labute approximate surface area is 127 Å². The number of carbonyl (C=O) groups excluding carboxylic acids is 1. The van der Waals surface area contributed by atoms with E-state index in [9.17, 15) is 15.0 Å². The maximum Gasteiger partial charge on any atom is 0.243 e. The lowest BCUT2D eigenvalue weighted by molar-refractivity contribution is -0.122. The third-order valence-corrected chi connectivity index (χ3v) is 3.75. The summed E-state index contributed by atoms with van der Waals surface area (Å²) >= 11 is 0. The molecule has 2 aromatic rings. The zero-order valence-corrected chi connectivity index (χ0v) is 11.8. The minimum Gasteiger partial charge on any atom is -0.508 e. The second kappa shape index (κ2) is 5.89. The van der Waals surface area contributed by atoms with Gasteiger partial charge in [0.15, 0.2) is 0 Å². The molecule has 2 aromatic carbocycles. The summed E-state index contributed by atoms with van der Waals surface area (Å²) < 4.78 is 0. The van der Waals surface area contributed by atoms with E-state index in [4.69, 9.17) is 0 Å². The Kier molecular flexibility index (Phi) is 3.78. The van der Waals surface area contributed by atoms with Crippen LogP contribution in [0.2, 0.25) is 0 Å². The molecule has 0 spiro atoms. The van der Waals surface area contributed by atoms with Gasteiger partial charge in [0.25, 0.3) is 0 Å². The van der Waals surface area contributed by atoms with Crippen LogP contribution in [0, 0.1) is 5.92 Å². The number of carbonyl (C=O) groups is 1. The summed E-state index contributed by atoms with van der Waals surface area (Å²) in [5.74, 6) is -0.0243. The Hall–Kier alpha value is -2.82. The standard InChI is InChI=1S/C17H16N2O3/c20-13-7-6-12(16(21)8-13)10-18-19-17(22)15-9-14(15)11-4-2-1-3-5-11/h1-8,10,14-15,20-21H,9H2,(H,19,22)/b18-10+/t14-,15-/m1/s1. The normalized spacial score (nSPS) is 20.0. The van der Waals surface area contributed by atoms with Crippen LogP contribution in [0.3, 0.4) is 0 Å². The Morgan fingerprint density at radius 1 is 1.18 bits per heavy atom. The minimum atomic E-state index is -0.122. The van der Waals surface area contributed by atoms with E-state index in [1.165, 1.54) is 30.0 Å². The van der Waals surface area contributed by atoms with Gasteiger partial charge in [-0.2, -0.15) is 5.10 Å². The molecule has 0 unspecified atom stereocenters. The highest BCUT2D eigenvalue weighted by Gasteiger charge is 2.43. The fourth-order valence-corrected chi connectivity index (χ4v) is 2.44. The van der Waals surface area contributed by atoms with E-state index in [0.29, 0.717) is 5.56 Å². The second-order valence-electron chi connectivity index (χ2n) is 5.34. The molecule has 5 nitrogen and oxygen atoms in total. The van der Waals surface area contributed by atoms with Crippen LogP contribution in [-0.2, 0) is 4.79 Å². The van der Waals surface area contributed by atoms with Crippen LogP contribution in [0.5, 0.6) is 11.5 Å². The van der Waals surface area contributed by atoms with Crippen LogP contribution in [0.4, 0.5) is 0 Å². The van der Waals surface area contributed by atoms with Crippen LogP contribution >= 0.6 is 0 Å². The zero-order valence-electron chi connectivity index (χ0n) is 11.8. The molecule has 3 rings (SSSR count). The zero-order chi connectivity index (χ0) is 15.5. The fraction of sp³-hybridized carbons (Fsp3) is 0.176. The Balaban J connectivity index is 1.56. The molecule has 0 radical (unpaired) electrons. The number of benzene rings is 2. The number of amides is 1. The van der Waals surface area contributed by atoms with Crippen molar-refractivity contribution in [3.8, 4) is 11.5 Å². The van der Waals surface area contributed by atoms with Crippen LogP contribution in [0.25, 0.3) is 0 Å². The Morgan fingerprint density at radius 3 is 2.68 bits per heavy atom. The third-order valence-electron chi connectivity index (χ3n) is 3.75. The molecule has 0 heterocycles. The first kappa shape index (κ1) is 14.1. The molecule has 112 valence electrons. The first-order valence-electron chi connectivity index (χ1n) is 7.05. The van der Waals surface area contributed by atoms with Crippen LogP contribution in [0.1, 0.15) is 23.5 Å². The van der Waals surface area contributed by atoms with Gasteiger partial charge in [0.1, 0.15) is 11.5 Å².